The van der Waals surface area contributed by atoms with E-state index in [1.807, 2.05) is 31.2 Å². The van der Waals surface area contributed by atoms with Crippen molar-refractivity contribution < 1.29 is 9.53 Å². The molecule has 1 aromatic heterocycles. The van der Waals surface area contributed by atoms with E-state index >= 15 is 0 Å². The van der Waals surface area contributed by atoms with Gasteiger partial charge in [-0.3, -0.25) is 9.78 Å². The van der Waals surface area contributed by atoms with Crippen LogP contribution in [0.2, 0.25) is 5.02 Å². The van der Waals surface area contributed by atoms with Crippen LogP contribution in [0.25, 0.3) is 0 Å². The first kappa shape index (κ1) is 17.0. The fourth-order valence-electron chi connectivity index (χ4n) is 1.87. The molecule has 120 valence electrons. The molecular weight excluding hydrogens is 314 g/mol. The molecule has 1 aromatic carbocycles. The molecular formula is C17H18ClN3O2. The van der Waals surface area contributed by atoms with E-state index < -0.39 is 0 Å². The van der Waals surface area contributed by atoms with Gasteiger partial charge in [0.1, 0.15) is 5.75 Å². The largest absolute Gasteiger partial charge is 0.493 e. The molecule has 0 unspecified atom stereocenters. The van der Waals surface area contributed by atoms with Crippen molar-refractivity contribution in [3.63, 3.8) is 0 Å². The van der Waals surface area contributed by atoms with Crippen molar-refractivity contribution in [2.75, 3.05) is 6.61 Å². The predicted molar refractivity (Wildman–Crippen MR) is 90.9 cm³/mol. The number of aryl methyl sites for hydroxylation is 1. The number of nitrogens with zero attached hydrogens (tertiary/aromatic N) is 2. The molecule has 0 spiro atoms. The lowest BCUT2D eigenvalue weighted by molar-refractivity contribution is -0.121. The monoisotopic (exact) mass is 331 g/mol. The number of aromatic nitrogens is 1. The summed E-state index contributed by atoms with van der Waals surface area (Å²) in [5, 5.41) is 4.54. The highest BCUT2D eigenvalue weighted by Gasteiger charge is 2.02. The van der Waals surface area contributed by atoms with Gasteiger partial charge in [-0.1, -0.05) is 17.7 Å². The molecule has 0 atom stereocenters. The van der Waals surface area contributed by atoms with Gasteiger partial charge < -0.3 is 4.74 Å². The highest BCUT2D eigenvalue weighted by molar-refractivity contribution is 6.30. The number of ether oxygens (including phenoxy) is 1. The molecule has 0 saturated carbocycles. The van der Waals surface area contributed by atoms with Crippen molar-refractivity contribution in [1.82, 2.24) is 10.4 Å². The smallest absolute Gasteiger partial charge is 0.240 e. The first-order valence-corrected chi connectivity index (χ1v) is 7.65. The lowest BCUT2D eigenvalue weighted by Crippen LogP contribution is -2.18. The zero-order valence-electron chi connectivity index (χ0n) is 12.8. The minimum Gasteiger partial charge on any atom is -0.493 e. The number of hydrogen-bond donors (Lipinski definition) is 1. The Kier molecular flexibility index (Phi) is 6.56. The first-order valence-electron chi connectivity index (χ1n) is 7.27. The standard InChI is InChI=1S/C17H18ClN3O2/c1-13-11-14(18)7-8-16(13)23-10-4-6-17(22)21-20-12-15-5-2-3-9-19-15/h2-3,5,7-9,11-12H,4,6,10H2,1H3,(H,21,22)/b20-12+. The number of rotatable bonds is 7. The van der Waals surface area contributed by atoms with Crippen molar-refractivity contribution >= 4 is 23.7 Å². The van der Waals surface area contributed by atoms with E-state index in [-0.39, 0.29) is 5.91 Å². The zero-order chi connectivity index (χ0) is 16.5. The molecule has 1 amide bonds. The maximum atomic E-state index is 11.6. The number of hydrazone groups is 1. The number of benzene rings is 1. The normalized spacial score (nSPS) is 10.7. The van der Waals surface area contributed by atoms with E-state index in [2.05, 4.69) is 15.5 Å². The van der Waals surface area contributed by atoms with Crippen molar-refractivity contribution in [2.45, 2.75) is 19.8 Å². The summed E-state index contributed by atoms with van der Waals surface area (Å²) in [5.41, 5.74) is 4.13. The Balaban J connectivity index is 1.66. The fraction of sp³-hybridized carbons (Fsp3) is 0.235. The first-order chi connectivity index (χ1) is 11.1. The Bertz CT molecular complexity index is 675. The van der Waals surface area contributed by atoms with Crippen molar-refractivity contribution in [2.24, 2.45) is 5.10 Å². The summed E-state index contributed by atoms with van der Waals surface area (Å²) in [5.74, 6) is 0.622. The number of amides is 1. The molecule has 2 aromatic rings. The second-order valence-corrected chi connectivity index (χ2v) is 5.35. The second kappa shape index (κ2) is 8.90. The molecule has 6 heteroatoms. The van der Waals surface area contributed by atoms with Gasteiger partial charge >= 0.3 is 0 Å². The number of carbonyl (C=O) groups excluding carboxylic acids is 1. The molecule has 0 fully saturated rings. The van der Waals surface area contributed by atoms with E-state index in [1.54, 1.807) is 18.3 Å². The van der Waals surface area contributed by atoms with Crippen molar-refractivity contribution in [3.05, 3.63) is 58.9 Å². The molecule has 0 aliphatic heterocycles. The third kappa shape index (κ3) is 6.08. The molecule has 2 rings (SSSR count). The van der Waals surface area contributed by atoms with Crippen LogP contribution in [0.5, 0.6) is 5.75 Å². The van der Waals surface area contributed by atoms with Gasteiger partial charge in [-0.25, -0.2) is 5.43 Å². The van der Waals surface area contributed by atoms with Gasteiger partial charge in [0.2, 0.25) is 5.91 Å². The third-order valence-corrected chi connectivity index (χ3v) is 3.25. The summed E-state index contributed by atoms with van der Waals surface area (Å²) in [7, 11) is 0. The number of pyridine rings is 1. The van der Waals surface area contributed by atoms with Gasteiger partial charge in [-0.2, -0.15) is 5.10 Å². The Morgan fingerprint density at radius 1 is 1.39 bits per heavy atom. The molecule has 0 radical (unpaired) electrons. The molecule has 0 aliphatic carbocycles. The van der Waals surface area contributed by atoms with Crippen LogP contribution < -0.4 is 10.2 Å². The molecule has 0 aliphatic rings. The van der Waals surface area contributed by atoms with Gasteiger partial charge in [0, 0.05) is 17.6 Å². The van der Waals surface area contributed by atoms with E-state index in [1.165, 1.54) is 6.21 Å². The molecule has 0 saturated heterocycles. The quantitative estimate of drug-likeness (QED) is 0.480. The van der Waals surface area contributed by atoms with E-state index in [9.17, 15) is 4.79 Å². The van der Waals surface area contributed by atoms with Gasteiger partial charge in [0.05, 0.1) is 18.5 Å². The lowest BCUT2D eigenvalue weighted by Gasteiger charge is -2.08. The summed E-state index contributed by atoms with van der Waals surface area (Å²) in [6.07, 6.45) is 4.12. The molecule has 1 heterocycles. The minimum absolute atomic E-state index is 0.159. The number of carbonyl (C=O) groups is 1. The summed E-state index contributed by atoms with van der Waals surface area (Å²) in [4.78, 5) is 15.7. The van der Waals surface area contributed by atoms with Gasteiger partial charge in [-0.05, 0) is 49.2 Å². The third-order valence-electron chi connectivity index (χ3n) is 3.02. The van der Waals surface area contributed by atoms with Crippen LogP contribution in [-0.4, -0.2) is 23.7 Å². The van der Waals surface area contributed by atoms with Crippen LogP contribution in [-0.2, 0) is 4.79 Å². The summed E-state index contributed by atoms with van der Waals surface area (Å²) < 4.78 is 5.63. The average Bonchev–Trinajstić information content (AvgIpc) is 2.54. The van der Waals surface area contributed by atoms with Crippen molar-refractivity contribution in [1.29, 1.82) is 0 Å². The SMILES string of the molecule is Cc1cc(Cl)ccc1OCCCC(=O)N/N=C/c1ccccn1. The topological polar surface area (TPSA) is 63.6 Å². The van der Waals surface area contributed by atoms with Gasteiger partial charge in [0.15, 0.2) is 0 Å². The minimum atomic E-state index is -0.159. The Morgan fingerprint density at radius 2 is 2.26 bits per heavy atom. The Labute approximate surface area is 140 Å². The van der Waals surface area contributed by atoms with Crippen LogP contribution in [0.15, 0.2) is 47.7 Å². The van der Waals surface area contributed by atoms with Crippen LogP contribution in [0.4, 0.5) is 0 Å². The number of halogens is 1. The van der Waals surface area contributed by atoms with Crippen LogP contribution in [0.1, 0.15) is 24.1 Å². The fourth-order valence-corrected chi connectivity index (χ4v) is 2.09. The predicted octanol–water partition coefficient (Wildman–Crippen LogP) is 3.35. The summed E-state index contributed by atoms with van der Waals surface area (Å²) in [6.45, 7) is 2.39. The van der Waals surface area contributed by atoms with Gasteiger partial charge in [0.25, 0.3) is 0 Å². The zero-order valence-corrected chi connectivity index (χ0v) is 13.6. The lowest BCUT2D eigenvalue weighted by atomic mass is 10.2. The van der Waals surface area contributed by atoms with Gasteiger partial charge in [-0.15, -0.1) is 0 Å². The van der Waals surface area contributed by atoms with Crippen LogP contribution in [0.3, 0.4) is 0 Å². The maximum absolute atomic E-state index is 11.6. The Morgan fingerprint density at radius 3 is 3.00 bits per heavy atom. The van der Waals surface area contributed by atoms with E-state index in [0.29, 0.717) is 30.2 Å². The maximum Gasteiger partial charge on any atom is 0.240 e. The van der Waals surface area contributed by atoms with E-state index in [4.69, 9.17) is 16.3 Å². The molecule has 0 bridgehead atoms. The highest BCUT2D eigenvalue weighted by Crippen LogP contribution is 2.21. The number of nitrogens with one attached hydrogen (secondary N) is 1. The van der Waals surface area contributed by atoms with E-state index in [0.717, 1.165) is 11.3 Å². The average molecular weight is 332 g/mol. The summed E-state index contributed by atoms with van der Waals surface area (Å²) >= 11 is 5.89. The molecule has 23 heavy (non-hydrogen) atoms. The summed E-state index contributed by atoms with van der Waals surface area (Å²) in [6, 6.07) is 10.9. The van der Waals surface area contributed by atoms with Crippen molar-refractivity contribution in [3.8, 4) is 5.75 Å². The molecule has 5 nitrogen and oxygen atoms in total. The van der Waals surface area contributed by atoms with Crippen LogP contribution >= 0.6 is 11.6 Å². The molecule has 1 N–H and O–H groups in total. The number of hydrogen-bond acceptors (Lipinski definition) is 4. The second-order valence-electron chi connectivity index (χ2n) is 4.91. The highest BCUT2D eigenvalue weighted by atomic mass is 35.5. The van der Waals surface area contributed by atoms with Crippen LogP contribution in [0, 0.1) is 6.92 Å². The Hall–Kier alpha value is -2.40.